The fourth-order valence-electron chi connectivity index (χ4n) is 2.40. The van der Waals surface area contributed by atoms with Crippen LogP contribution in [0.15, 0.2) is 48.5 Å². The molecule has 2 aromatic carbocycles. The van der Waals surface area contributed by atoms with Gasteiger partial charge in [-0.3, -0.25) is 9.48 Å². The minimum atomic E-state index is -0.998. The van der Waals surface area contributed by atoms with E-state index in [2.05, 4.69) is 5.10 Å². The van der Waals surface area contributed by atoms with E-state index in [1.54, 1.807) is 11.0 Å². The number of carboxylic acid groups (broad SMARTS) is 1. The van der Waals surface area contributed by atoms with Crippen molar-refractivity contribution in [3.05, 3.63) is 54.3 Å². The normalized spacial score (nSPS) is 10.8. The number of halogens is 1. The number of benzene rings is 2. The molecular formula is C16H14FN3O2. The van der Waals surface area contributed by atoms with Gasteiger partial charge in [-0.15, -0.1) is 0 Å². The molecule has 0 saturated heterocycles. The van der Waals surface area contributed by atoms with E-state index >= 15 is 0 Å². The molecular weight excluding hydrogens is 285 g/mol. The van der Waals surface area contributed by atoms with Gasteiger partial charge in [0.15, 0.2) is 5.82 Å². The van der Waals surface area contributed by atoms with Crippen molar-refractivity contribution in [2.75, 3.05) is 11.9 Å². The van der Waals surface area contributed by atoms with Gasteiger partial charge >= 0.3 is 5.97 Å². The number of para-hydroxylation sites is 1. The summed E-state index contributed by atoms with van der Waals surface area (Å²) in [5, 5.41) is 13.9. The van der Waals surface area contributed by atoms with Crippen LogP contribution < -0.4 is 4.90 Å². The zero-order chi connectivity index (χ0) is 15.7. The molecule has 1 heterocycles. The highest BCUT2D eigenvalue weighted by atomic mass is 19.1. The molecule has 0 aliphatic heterocycles. The molecule has 1 aromatic heterocycles. The van der Waals surface area contributed by atoms with E-state index in [0.29, 0.717) is 16.7 Å². The van der Waals surface area contributed by atoms with Gasteiger partial charge in [-0.25, -0.2) is 4.39 Å². The monoisotopic (exact) mass is 299 g/mol. The third-order valence-electron chi connectivity index (χ3n) is 3.44. The average molecular weight is 299 g/mol. The third-order valence-corrected chi connectivity index (χ3v) is 3.44. The number of aliphatic carboxylic acids is 1. The van der Waals surface area contributed by atoms with Crippen LogP contribution in [0.1, 0.15) is 0 Å². The number of carboxylic acids is 1. The van der Waals surface area contributed by atoms with Crippen molar-refractivity contribution in [2.45, 2.75) is 6.54 Å². The molecule has 0 radical (unpaired) electrons. The molecule has 0 aliphatic carbocycles. The fourth-order valence-corrected chi connectivity index (χ4v) is 2.40. The zero-order valence-corrected chi connectivity index (χ0v) is 11.9. The second kappa shape index (κ2) is 5.48. The predicted octanol–water partition coefficient (Wildman–Crippen LogP) is 3.03. The molecule has 6 heteroatoms. The zero-order valence-electron chi connectivity index (χ0n) is 11.9. The van der Waals surface area contributed by atoms with Crippen molar-refractivity contribution in [3.63, 3.8) is 0 Å². The number of fused-ring (bicyclic) bond motifs is 1. The molecule has 112 valence electrons. The van der Waals surface area contributed by atoms with Crippen LogP contribution in [0.25, 0.3) is 10.9 Å². The molecule has 1 N–H and O–H groups in total. The third kappa shape index (κ3) is 2.50. The van der Waals surface area contributed by atoms with Crippen molar-refractivity contribution < 1.29 is 14.3 Å². The molecule has 3 aromatic rings. The van der Waals surface area contributed by atoms with E-state index in [4.69, 9.17) is 5.11 Å². The highest BCUT2D eigenvalue weighted by molar-refractivity contribution is 5.93. The Morgan fingerprint density at radius 1 is 1.27 bits per heavy atom. The van der Waals surface area contributed by atoms with Gasteiger partial charge in [0, 0.05) is 18.1 Å². The van der Waals surface area contributed by atoms with Crippen molar-refractivity contribution in [3.8, 4) is 0 Å². The van der Waals surface area contributed by atoms with Gasteiger partial charge < -0.3 is 10.0 Å². The average Bonchev–Trinajstić information content (AvgIpc) is 2.84. The Morgan fingerprint density at radius 2 is 2.00 bits per heavy atom. The first-order valence-electron chi connectivity index (χ1n) is 6.73. The van der Waals surface area contributed by atoms with Crippen LogP contribution in [-0.2, 0) is 11.3 Å². The first kappa shape index (κ1) is 14.1. The Balaban J connectivity index is 2.16. The standard InChI is InChI=1S/C16H14FN3O2/c1-19(12-5-3-2-4-6-12)16-13-9-11(17)7-8-14(13)20(18-16)10-15(21)22/h2-9H,10H2,1H3,(H,21,22). The van der Waals surface area contributed by atoms with E-state index in [1.165, 1.54) is 16.8 Å². The summed E-state index contributed by atoms with van der Waals surface area (Å²) >= 11 is 0. The minimum absolute atomic E-state index is 0.273. The maximum Gasteiger partial charge on any atom is 0.325 e. The van der Waals surface area contributed by atoms with E-state index in [9.17, 15) is 9.18 Å². The van der Waals surface area contributed by atoms with Crippen molar-refractivity contribution in [1.29, 1.82) is 0 Å². The van der Waals surface area contributed by atoms with Crippen LogP contribution in [0.3, 0.4) is 0 Å². The van der Waals surface area contributed by atoms with Crippen LogP contribution in [0, 0.1) is 5.82 Å². The Kier molecular flexibility index (Phi) is 3.50. The highest BCUT2D eigenvalue weighted by Gasteiger charge is 2.17. The van der Waals surface area contributed by atoms with Crippen LogP contribution in [0.4, 0.5) is 15.9 Å². The summed E-state index contributed by atoms with van der Waals surface area (Å²) in [6.45, 7) is -0.273. The number of hydrogen-bond acceptors (Lipinski definition) is 3. The largest absolute Gasteiger partial charge is 0.480 e. The summed E-state index contributed by atoms with van der Waals surface area (Å²) in [5.74, 6) is -0.866. The molecule has 0 bridgehead atoms. The van der Waals surface area contributed by atoms with E-state index in [-0.39, 0.29) is 12.4 Å². The predicted molar refractivity (Wildman–Crippen MR) is 81.8 cm³/mol. The van der Waals surface area contributed by atoms with Gasteiger partial charge in [0.25, 0.3) is 0 Å². The lowest BCUT2D eigenvalue weighted by atomic mass is 10.2. The molecule has 0 unspecified atom stereocenters. The first-order chi connectivity index (χ1) is 10.6. The summed E-state index contributed by atoms with van der Waals surface area (Å²) in [4.78, 5) is 12.8. The first-order valence-corrected chi connectivity index (χ1v) is 6.73. The quantitative estimate of drug-likeness (QED) is 0.804. The summed E-state index contributed by atoms with van der Waals surface area (Å²) in [7, 11) is 1.81. The van der Waals surface area contributed by atoms with Crippen LogP contribution >= 0.6 is 0 Å². The molecule has 3 rings (SSSR count). The lowest BCUT2D eigenvalue weighted by molar-refractivity contribution is -0.137. The minimum Gasteiger partial charge on any atom is -0.480 e. The number of nitrogens with zero attached hydrogens (tertiary/aromatic N) is 3. The summed E-state index contributed by atoms with van der Waals surface area (Å²) in [5.41, 5.74) is 1.47. The van der Waals surface area contributed by atoms with E-state index in [1.807, 2.05) is 37.4 Å². The molecule has 0 fully saturated rings. The summed E-state index contributed by atoms with van der Waals surface area (Å²) < 4.78 is 14.9. The summed E-state index contributed by atoms with van der Waals surface area (Å²) in [6, 6.07) is 13.7. The lowest BCUT2D eigenvalue weighted by Gasteiger charge is -2.16. The molecule has 22 heavy (non-hydrogen) atoms. The Hall–Kier alpha value is -2.89. The number of aromatic nitrogens is 2. The van der Waals surface area contributed by atoms with E-state index < -0.39 is 5.97 Å². The maximum atomic E-state index is 13.6. The highest BCUT2D eigenvalue weighted by Crippen LogP contribution is 2.30. The van der Waals surface area contributed by atoms with E-state index in [0.717, 1.165) is 5.69 Å². The topological polar surface area (TPSA) is 58.4 Å². The van der Waals surface area contributed by atoms with Gasteiger partial charge in [0.1, 0.15) is 12.4 Å². The van der Waals surface area contributed by atoms with Gasteiger partial charge in [0.2, 0.25) is 0 Å². The molecule has 0 spiro atoms. The molecule has 0 aliphatic rings. The summed E-state index contributed by atoms with van der Waals surface area (Å²) in [6.07, 6.45) is 0. The maximum absolute atomic E-state index is 13.6. The molecule has 0 saturated carbocycles. The van der Waals surface area contributed by atoms with Gasteiger partial charge in [0.05, 0.1) is 5.52 Å². The van der Waals surface area contributed by atoms with Crippen LogP contribution in [-0.4, -0.2) is 27.9 Å². The second-order valence-electron chi connectivity index (χ2n) is 4.93. The van der Waals surface area contributed by atoms with Crippen LogP contribution in [0.2, 0.25) is 0 Å². The number of hydrogen-bond donors (Lipinski definition) is 1. The van der Waals surface area contributed by atoms with Crippen molar-refractivity contribution >= 4 is 28.4 Å². The molecule has 0 atom stereocenters. The molecule has 5 nitrogen and oxygen atoms in total. The number of anilines is 2. The smallest absolute Gasteiger partial charge is 0.325 e. The van der Waals surface area contributed by atoms with Crippen molar-refractivity contribution in [1.82, 2.24) is 9.78 Å². The SMILES string of the molecule is CN(c1ccccc1)c1nn(CC(=O)O)c2ccc(F)cc12. The van der Waals surface area contributed by atoms with Gasteiger partial charge in [-0.2, -0.15) is 5.10 Å². The molecule has 0 amide bonds. The Morgan fingerprint density at radius 3 is 2.68 bits per heavy atom. The lowest BCUT2D eigenvalue weighted by Crippen LogP contribution is -2.13. The van der Waals surface area contributed by atoms with Gasteiger partial charge in [-0.1, -0.05) is 18.2 Å². The number of carbonyl (C=O) groups is 1. The van der Waals surface area contributed by atoms with Crippen LogP contribution in [0.5, 0.6) is 0 Å². The Bertz CT molecular complexity index is 830. The second-order valence-corrected chi connectivity index (χ2v) is 4.93. The fraction of sp³-hybridized carbons (Fsp3) is 0.125. The van der Waals surface area contributed by atoms with Crippen molar-refractivity contribution in [2.24, 2.45) is 0 Å². The number of rotatable bonds is 4. The Labute approximate surface area is 126 Å². The van der Waals surface area contributed by atoms with Gasteiger partial charge in [-0.05, 0) is 30.3 Å².